The highest BCUT2D eigenvalue weighted by molar-refractivity contribution is 5.71. The fraction of sp³-hybridized carbons (Fsp3) is 0.800. The van der Waals surface area contributed by atoms with Crippen molar-refractivity contribution in [2.24, 2.45) is 11.8 Å². The number of aromatic nitrogens is 3. The molecule has 5 nitrogen and oxygen atoms in total. The normalized spacial score (nSPS) is 31.6. The third-order valence-corrected chi connectivity index (χ3v) is 4.96. The number of aromatic amines is 1. The zero-order chi connectivity index (χ0) is 14.1. The van der Waals surface area contributed by atoms with Crippen LogP contribution in [0, 0.1) is 11.8 Å². The van der Waals surface area contributed by atoms with Crippen LogP contribution in [0.15, 0.2) is 0 Å². The molecule has 0 aromatic carbocycles. The lowest BCUT2D eigenvalue weighted by Gasteiger charge is -2.18. The number of hydrogen-bond acceptors (Lipinski definition) is 3. The van der Waals surface area contributed by atoms with E-state index in [9.17, 15) is 9.90 Å². The van der Waals surface area contributed by atoms with E-state index in [1.807, 2.05) is 0 Å². The largest absolute Gasteiger partial charge is 0.481 e. The van der Waals surface area contributed by atoms with Gasteiger partial charge in [-0.25, -0.2) is 4.98 Å². The van der Waals surface area contributed by atoms with Crippen molar-refractivity contribution in [3.8, 4) is 0 Å². The second kappa shape index (κ2) is 5.54. The molecular formula is C15H23N3O2. The van der Waals surface area contributed by atoms with Gasteiger partial charge < -0.3 is 5.11 Å². The van der Waals surface area contributed by atoms with E-state index in [4.69, 9.17) is 0 Å². The molecule has 0 aliphatic heterocycles. The predicted octanol–water partition coefficient (Wildman–Crippen LogP) is 3.07. The number of carboxylic acid groups (broad SMARTS) is 1. The van der Waals surface area contributed by atoms with Crippen molar-refractivity contribution in [2.45, 2.75) is 63.7 Å². The van der Waals surface area contributed by atoms with Gasteiger partial charge in [0, 0.05) is 11.8 Å². The summed E-state index contributed by atoms with van der Waals surface area (Å²) in [7, 11) is 0. The van der Waals surface area contributed by atoms with Gasteiger partial charge in [-0.3, -0.25) is 9.89 Å². The van der Waals surface area contributed by atoms with E-state index in [-0.39, 0.29) is 11.8 Å². The molecular weight excluding hydrogens is 254 g/mol. The molecule has 3 rings (SSSR count). The van der Waals surface area contributed by atoms with E-state index in [1.165, 1.54) is 32.1 Å². The number of aliphatic carboxylic acids is 1. The molecule has 0 saturated heterocycles. The smallest absolute Gasteiger partial charge is 0.307 e. The van der Waals surface area contributed by atoms with Crippen LogP contribution in [-0.2, 0) is 4.79 Å². The summed E-state index contributed by atoms with van der Waals surface area (Å²) in [6.45, 7) is 2.12. The Balaban J connectivity index is 1.77. The molecule has 2 fully saturated rings. The van der Waals surface area contributed by atoms with E-state index in [1.54, 1.807) is 0 Å². The second-order valence-corrected chi connectivity index (χ2v) is 6.54. The van der Waals surface area contributed by atoms with Crippen LogP contribution in [0.3, 0.4) is 0 Å². The molecule has 1 aromatic rings. The molecule has 3 unspecified atom stereocenters. The third-order valence-electron chi connectivity index (χ3n) is 4.96. The van der Waals surface area contributed by atoms with Gasteiger partial charge in [0.1, 0.15) is 5.82 Å². The first-order valence-corrected chi connectivity index (χ1v) is 7.80. The van der Waals surface area contributed by atoms with Crippen molar-refractivity contribution >= 4 is 5.97 Å². The van der Waals surface area contributed by atoms with Crippen LogP contribution in [-0.4, -0.2) is 26.3 Å². The van der Waals surface area contributed by atoms with E-state index in [2.05, 4.69) is 22.1 Å². The molecule has 1 aromatic heterocycles. The van der Waals surface area contributed by atoms with Crippen LogP contribution in [0.2, 0.25) is 0 Å². The van der Waals surface area contributed by atoms with Crippen molar-refractivity contribution in [3.05, 3.63) is 11.6 Å². The average molecular weight is 277 g/mol. The SMILES string of the molecule is CC1CC(C(=O)O)C(c2nc(C3CCCCC3)n[nH]2)C1. The molecule has 2 saturated carbocycles. The Morgan fingerprint density at radius 3 is 2.70 bits per heavy atom. The average Bonchev–Trinajstić information content (AvgIpc) is 3.06. The number of carbonyl (C=O) groups is 1. The Bertz CT molecular complexity index is 479. The minimum atomic E-state index is -0.699. The first-order chi connectivity index (χ1) is 9.65. The number of hydrogen-bond donors (Lipinski definition) is 2. The van der Waals surface area contributed by atoms with E-state index < -0.39 is 5.97 Å². The van der Waals surface area contributed by atoms with Crippen LogP contribution in [0.5, 0.6) is 0 Å². The first kappa shape index (κ1) is 13.6. The second-order valence-electron chi connectivity index (χ2n) is 6.54. The Hall–Kier alpha value is -1.39. The molecule has 5 heteroatoms. The third kappa shape index (κ3) is 2.58. The van der Waals surface area contributed by atoms with E-state index in [0.29, 0.717) is 11.8 Å². The first-order valence-electron chi connectivity index (χ1n) is 7.80. The maximum Gasteiger partial charge on any atom is 0.307 e. The minimum absolute atomic E-state index is 0.00680. The van der Waals surface area contributed by atoms with E-state index in [0.717, 1.165) is 24.5 Å². The Morgan fingerprint density at radius 1 is 1.25 bits per heavy atom. The van der Waals surface area contributed by atoms with Gasteiger partial charge in [-0.2, -0.15) is 5.10 Å². The summed E-state index contributed by atoms with van der Waals surface area (Å²) < 4.78 is 0. The zero-order valence-corrected chi connectivity index (χ0v) is 12.0. The van der Waals surface area contributed by atoms with Crippen molar-refractivity contribution < 1.29 is 9.90 Å². The van der Waals surface area contributed by atoms with Crippen molar-refractivity contribution in [1.82, 2.24) is 15.2 Å². The molecule has 3 atom stereocenters. The van der Waals surface area contributed by atoms with Crippen LogP contribution in [0.1, 0.15) is 75.4 Å². The Kier molecular flexibility index (Phi) is 3.76. The van der Waals surface area contributed by atoms with Crippen LogP contribution in [0.4, 0.5) is 0 Å². The molecule has 20 heavy (non-hydrogen) atoms. The maximum absolute atomic E-state index is 11.4. The number of carboxylic acids is 1. The summed E-state index contributed by atoms with van der Waals surface area (Å²) in [5.41, 5.74) is 0. The molecule has 0 spiro atoms. The van der Waals surface area contributed by atoms with Gasteiger partial charge in [0.15, 0.2) is 5.82 Å². The Morgan fingerprint density at radius 2 is 2.00 bits per heavy atom. The van der Waals surface area contributed by atoms with Gasteiger partial charge in [-0.1, -0.05) is 26.2 Å². The van der Waals surface area contributed by atoms with Crippen molar-refractivity contribution in [2.75, 3.05) is 0 Å². The van der Waals surface area contributed by atoms with E-state index >= 15 is 0 Å². The molecule has 0 amide bonds. The summed E-state index contributed by atoms with van der Waals surface area (Å²) in [4.78, 5) is 16.0. The van der Waals surface area contributed by atoms with Crippen molar-refractivity contribution in [1.29, 1.82) is 0 Å². The minimum Gasteiger partial charge on any atom is -0.481 e. The van der Waals surface area contributed by atoms with Gasteiger partial charge >= 0.3 is 5.97 Å². The summed E-state index contributed by atoms with van der Waals surface area (Å²) in [5, 5.41) is 16.8. The molecule has 2 N–H and O–H groups in total. The van der Waals surface area contributed by atoms with Gasteiger partial charge in [0.2, 0.25) is 0 Å². The summed E-state index contributed by atoms with van der Waals surface area (Å²) in [5.74, 6) is 1.62. The predicted molar refractivity (Wildman–Crippen MR) is 74.5 cm³/mol. The maximum atomic E-state index is 11.4. The molecule has 0 radical (unpaired) electrons. The molecule has 110 valence electrons. The fourth-order valence-corrected chi connectivity index (χ4v) is 3.86. The van der Waals surface area contributed by atoms with Gasteiger partial charge in [0.25, 0.3) is 0 Å². The highest BCUT2D eigenvalue weighted by Gasteiger charge is 2.40. The van der Waals surface area contributed by atoms with Crippen molar-refractivity contribution in [3.63, 3.8) is 0 Å². The number of nitrogens with zero attached hydrogens (tertiary/aromatic N) is 2. The molecule has 0 bridgehead atoms. The summed E-state index contributed by atoms with van der Waals surface area (Å²) in [6.07, 6.45) is 7.81. The lowest BCUT2D eigenvalue weighted by Crippen LogP contribution is -2.18. The number of rotatable bonds is 3. The highest BCUT2D eigenvalue weighted by Crippen LogP contribution is 2.42. The topological polar surface area (TPSA) is 78.9 Å². The highest BCUT2D eigenvalue weighted by atomic mass is 16.4. The summed E-state index contributed by atoms with van der Waals surface area (Å²) >= 11 is 0. The monoisotopic (exact) mass is 277 g/mol. The van der Waals surface area contributed by atoms with Crippen LogP contribution >= 0.6 is 0 Å². The number of H-pyrrole nitrogens is 1. The fourth-order valence-electron chi connectivity index (χ4n) is 3.86. The lowest BCUT2D eigenvalue weighted by molar-refractivity contribution is -0.142. The lowest BCUT2D eigenvalue weighted by atomic mass is 9.89. The van der Waals surface area contributed by atoms with Gasteiger partial charge in [-0.05, 0) is 31.6 Å². The quantitative estimate of drug-likeness (QED) is 0.890. The molecule has 1 heterocycles. The Labute approximate surface area is 119 Å². The molecule has 2 aliphatic rings. The standard InChI is InChI=1S/C15H23N3O2/c1-9-7-11(12(8-9)15(19)20)14-16-13(17-18-14)10-5-3-2-4-6-10/h9-12H,2-8H2,1H3,(H,19,20)(H,16,17,18). The number of nitrogens with one attached hydrogen (secondary N) is 1. The zero-order valence-electron chi connectivity index (χ0n) is 12.0. The van der Waals surface area contributed by atoms with Crippen LogP contribution < -0.4 is 0 Å². The van der Waals surface area contributed by atoms with Gasteiger partial charge in [0.05, 0.1) is 5.92 Å². The van der Waals surface area contributed by atoms with Gasteiger partial charge in [-0.15, -0.1) is 0 Å². The summed E-state index contributed by atoms with van der Waals surface area (Å²) in [6, 6.07) is 0. The molecule has 2 aliphatic carbocycles. The van der Waals surface area contributed by atoms with Crippen LogP contribution in [0.25, 0.3) is 0 Å².